The van der Waals surface area contributed by atoms with E-state index in [1.54, 1.807) is 6.20 Å². The molecule has 0 radical (unpaired) electrons. The molecule has 6 nitrogen and oxygen atoms in total. The molecule has 108 valence electrons. The predicted octanol–water partition coefficient (Wildman–Crippen LogP) is -0.0439. The molecule has 2 heterocycles. The van der Waals surface area contributed by atoms with Gasteiger partial charge in [-0.25, -0.2) is 0 Å². The van der Waals surface area contributed by atoms with E-state index >= 15 is 0 Å². The van der Waals surface area contributed by atoms with E-state index in [0.29, 0.717) is 19.4 Å². The molecule has 0 unspecified atom stereocenters. The lowest BCUT2D eigenvalue weighted by Crippen LogP contribution is -2.42. The van der Waals surface area contributed by atoms with Crippen LogP contribution in [0.4, 0.5) is 0 Å². The third kappa shape index (κ3) is 4.62. The number of nitrogens with one attached hydrogen (secondary N) is 3. The van der Waals surface area contributed by atoms with Crippen molar-refractivity contribution in [1.82, 2.24) is 20.9 Å². The summed E-state index contributed by atoms with van der Waals surface area (Å²) < 4.78 is 0. The monoisotopic (exact) mass is 276 g/mol. The molecule has 1 fully saturated rings. The van der Waals surface area contributed by atoms with Gasteiger partial charge in [-0.3, -0.25) is 14.6 Å². The Labute approximate surface area is 118 Å². The fraction of sp³-hybridized carbons (Fsp3) is 0.500. The van der Waals surface area contributed by atoms with Gasteiger partial charge in [-0.1, -0.05) is 6.07 Å². The highest BCUT2D eigenvalue weighted by atomic mass is 16.2. The van der Waals surface area contributed by atoms with Gasteiger partial charge in [0.15, 0.2) is 0 Å². The van der Waals surface area contributed by atoms with Crippen LogP contribution in [0.3, 0.4) is 0 Å². The van der Waals surface area contributed by atoms with Gasteiger partial charge in [-0.2, -0.15) is 0 Å². The summed E-state index contributed by atoms with van der Waals surface area (Å²) in [5, 5.41) is 8.78. The number of carbonyl (C=O) groups excluding carboxylic acids is 2. The molecule has 0 saturated carbocycles. The van der Waals surface area contributed by atoms with Crippen molar-refractivity contribution < 1.29 is 9.59 Å². The molecule has 1 aromatic rings. The van der Waals surface area contributed by atoms with Crippen molar-refractivity contribution in [3.05, 3.63) is 30.1 Å². The van der Waals surface area contributed by atoms with Crippen LogP contribution in [0.1, 0.15) is 24.8 Å². The molecule has 1 aromatic heterocycles. The van der Waals surface area contributed by atoms with E-state index in [1.807, 2.05) is 18.3 Å². The van der Waals surface area contributed by atoms with Crippen LogP contribution in [0, 0.1) is 0 Å². The van der Waals surface area contributed by atoms with Crippen LogP contribution in [0.25, 0.3) is 0 Å². The topological polar surface area (TPSA) is 83.1 Å². The first-order valence-corrected chi connectivity index (χ1v) is 6.92. The van der Waals surface area contributed by atoms with Gasteiger partial charge in [0.05, 0.1) is 0 Å². The summed E-state index contributed by atoms with van der Waals surface area (Å²) in [5.41, 5.74) is 1.14. The van der Waals surface area contributed by atoms with Crippen LogP contribution in [-0.4, -0.2) is 35.9 Å². The molecule has 1 atom stereocenters. The molecule has 0 spiro atoms. The summed E-state index contributed by atoms with van der Waals surface area (Å²) >= 11 is 0. The van der Waals surface area contributed by atoms with Crippen molar-refractivity contribution in [2.45, 2.75) is 31.8 Å². The minimum atomic E-state index is -0.342. The van der Waals surface area contributed by atoms with Crippen molar-refractivity contribution >= 4 is 11.8 Å². The first kappa shape index (κ1) is 14.5. The van der Waals surface area contributed by atoms with Gasteiger partial charge in [0.2, 0.25) is 11.8 Å². The van der Waals surface area contributed by atoms with Gasteiger partial charge >= 0.3 is 0 Å². The second-order valence-electron chi connectivity index (χ2n) is 4.84. The van der Waals surface area contributed by atoms with Crippen molar-refractivity contribution in [2.24, 2.45) is 0 Å². The number of carbonyl (C=O) groups is 2. The lowest BCUT2D eigenvalue weighted by atomic mass is 10.2. The molecular formula is C14H20N4O2. The molecule has 20 heavy (non-hydrogen) atoms. The van der Waals surface area contributed by atoms with Gasteiger partial charge in [-0.15, -0.1) is 0 Å². The lowest BCUT2D eigenvalue weighted by Gasteiger charge is -2.11. The maximum absolute atomic E-state index is 11.7. The Morgan fingerprint density at radius 2 is 2.35 bits per heavy atom. The number of hydrogen-bond donors (Lipinski definition) is 3. The highest BCUT2D eigenvalue weighted by Gasteiger charge is 2.26. The molecule has 1 aliphatic rings. The predicted molar refractivity (Wildman–Crippen MR) is 74.7 cm³/mol. The quantitative estimate of drug-likeness (QED) is 0.610. The number of amides is 2. The fourth-order valence-electron chi connectivity index (χ4n) is 2.09. The number of aromatic nitrogens is 1. The van der Waals surface area contributed by atoms with Crippen molar-refractivity contribution in [1.29, 1.82) is 0 Å². The molecule has 1 aliphatic heterocycles. The molecule has 3 N–H and O–H groups in total. The SMILES string of the molecule is O=C1CC[C@H](C(=O)NCCCNCc2cccnc2)N1. The van der Waals surface area contributed by atoms with Crippen molar-refractivity contribution in [3.8, 4) is 0 Å². The maximum atomic E-state index is 11.7. The highest BCUT2D eigenvalue weighted by Crippen LogP contribution is 2.05. The summed E-state index contributed by atoms with van der Waals surface area (Å²) in [6.07, 6.45) is 5.49. The van der Waals surface area contributed by atoms with Crippen LogP contribution in [-0.2, 0) is 16.1 Å². The van der Waals surface area contributed by atoms with Crippen LogP contribution < -0.4 is 16.0 Å². The minimum absolute atomic E-state index is 0.0386. The van der Waals surface area contributed by atoms with Crippen LogP contribution >= 0.6 is 0 Å². The summed E-state index contributed by atoms with van der Waals surface area (Å²) in [6, 6.07) is 3.59. The number of hydrogen-bond acceptors (Lipinski definition) is 4. The van der Waals surface area contributed by atoms with E-state index in [4.69, 9.17) is 0 Å². The smallest absolute Gasteiger partial charge is 0.242 e. The van der Waals surface area contributed by atoms with Crippen LogP contribution in [0.5, 0.6) is 0 Å². The molecule has 2 rings (SSSR count). The number of nitrogens with zero attached hydrogens (tertiary/aromatic N) is 1. The van der Waals surface area contributed by atoms with Crippen LogP contribution in [0.2, 0.25) is 0 Å². The summed E-state index contributed by atoms with van der Waals surface area (Å²) in [5.74, 6) is -0.119. The average Bonchev–Trinajstić information content (AvgIpc) is 2.90. The van der Waals surface area contributed by atoms with Crippen LogP contribution in [0.15, 0.2) is 24.5 Å². The second-order valence-corrected chi connectivity index (χ2v) is 4.84. The van der Waals surface area contributed by atoms with Gasteiger partial charge in [0.1, 0.15) is 6.04 Å². The Morgan fingerprint density at radius 1 is 1.45 bits per heavy atom. The molecule has 0 bridgehead atoms. The van der Waals surface area contributed by atoms with Crippen molar-refractivity contribution in [3.63, 3.8) is 0 Å². The molecule has 0 aromatic carbocycles. The zero-order valence-electron chi connectivity index (χ0n) is 11.4. The lowest BCUT2D eigenvalue weighted by molar-refractivity contribution is -0.125. The molecule has 1 saturated heterocycles. The zero-order valence-corrected chi connectivity index (χ0v) is 11.4. The molecule has 2 amide bonds. The summed E-state index contributed by atoms with van der Waals surface area (Å²) in [4.78, 5) is 26.7. The molecule has 6 heteroatoms. The van der Waals surface area contributed by atoms with E-state index in [2.05, 4.69) is 20.9 Å². The van der Waals surface area contributed by atoms with Crippen molar-refractivity contribution in [2.75, 3.05) is 13.1 Å². The number of pyridine rings is 1. The first-order valence-electron chi connectivity index (χ1n) is 6.92. The van der Waals surface area contributed by atoms with E-state index in [1.165, 1.54) is 0 Å². The fourth-order valence-corrected chi connectivity index (χ4v) is 2.09. The third-order valence-electron chi connectivity index (χ3n) is 3.19. The second kappa shape index (κ2) is 7.59. The average molecular weight is 276 g/mol. The van der Waals surface area contributed by atoms with Gasteiger partial charge in [0.25, 0.3) is 0 Å². The maximum Gasteiger partial charge on any atom is 0.242 e. The zero-order chi connectivity index (χ0) is 14.2. The summed E-state index contributed by atoms with van der Waals surface area (Å²) in [6.45, 7) is 2.22. The van der Waals surface area contributed by atoms with E-state index < -0.39 is 0 Å². The van der Waals surface area contributed by atoms with E-state index in [0.717, 1.165) is 25.1 Å². The highest BCUT2D eigenvalue weighted by molar-refractivity contribution is 5.90. The minimum Gasteiger partial charge on any atom is -0.354 e. The Bertz CT molecular complexity index is 450. The molecular weight excluding hydrogens is 256 g/mol. The Kier molecular flexibility index (Phi) is 5.49. The van der Waals surface area contributed by atoms with Gasteiger partial charge in [0, 0.05) is 31.9 Å². The largest absolute Gasteiger partial charge is 0.354 e. The Morgan fingerprint density at radius 3 is 3.05 bits per heavy atom. The van der Waals surface area contributed by atoms with Gasteiger partial charge in [-0.05, 0) is 31.0 Å². The third-order valence-corrected chi connectivity index (χ3v) is 3.19. The van der Waals surface area contributed by atoms with E-state index in [9.17, 15) is 9.59 Å². The summed E-state index contributed by atoms with van der Waals surface area (Å²) in [7, 11) is 0. The standard InChI is InChI=1S/C14H20N4O2/c19-13-5-4-12(18-13)14(20)17-8-2-7-16-10-11-3-1-6-15-9-11/h1,3,6,9,12,16H,2,4-5,7-8,10H2,(H,17,20)(H,18,19)/t12-/m1/s1. The molecule has 0 aliphatic carbocycles. The number of rotatable bonds is 7. The Balaban J connectivity index is 1.51. The first-order chi connectivity index (χ1) is 9.75. The normalized spacial score (nSPS) is 17.8. The van der Waals surface area contributed by atoms with E-state index in [-0.39, 0.29) is 17.9 Å². The Hall–Kier alpha value is -1.95. The van der Waals surface area contributed by atoms with Gasteiger partial charge < -0.3 is 16.0 Å².